The number of carboxylic acid groups (broad SMARTS) is 1. The third-order valence-electron chi connectivity index (χ3n) is 2.92. The van der Waals surface area contributed by atoms with Gasteiger partial charge in [-0.05, 0) is 18.9 Å². The normalized spacial score (nSPS) is 14.5. The molecule has 2 aromatic rings. The summed E-state index contributed by atoms with van der Waals surface area (Å²) in [6.45, 7) is -0.393. The molecule has 3 rings (SSSR count). The second kappa shape index (κ2) is 4.34. The molecule has 0 atom stereocenters. The summed E-state index contributed by atoms with van der Waals surface area (Å²) in [6.07, 6.45) is 3.55. The minimum Gasteiger partial charge on any atom is -0.480 e. The smallest absolute Gasteiger partial charge is 0.323 e. The van der Waals surface area contributed by atoms with Gasteiger partial charge in [0.2, 0.25) is 0 Å². The van der Waals surface area contributed by atoms with E-state index in [1.807, 2.05) is 0 Å². The Hall–Kier alpha value is -2.44. The maximum absolute atomic E-state index is 11.5. The van der Waals surface area contributed by atoms with Gasteiger partial charge in [-0.3, -0.25) is 9.59 Å². The zero-order chi connectivity index (χ0) is 13.4. The Morgan fingerprint density at radius 3 is 2.95 bits per heavy atom. The number of hydrogen-bond acceptors (Lipinski definition) is 5. The van der Waals surface area contributed by atoms with Crippen LogP contribution >= 0.6 is 0 Å². The Morgan fingerprint density at radius 1 is 1.47 bits per heavy atom. The SMILES string of the molecule is O=C(O)Cn1cc(-c2nc(C3CC3)no2)ccc1=O. The molecule has 1 saturated carbocycles. The average Bonchev–Trinajstić information content (AvgIpc) is 3.10. The first-order valence-electron chi connectivity index (χ1n) is 5.90. The first-order chi connectivity index (χ1) is 9.13. The molecule has 1 fully saturated rings. The quantitative estimate of drug-likeness (QED) is 0.876. The summed E-state index contributed by atoms with van der Waals surface area (Å²) in [6, 6.07) is 2.84. The lowest BCUT2D eigenvalue weighted by atomic mass is 10.3. The highest BCUT2D eigenvalue weighted by Gasteiger charge is 2.29. The van der Waals surface area contributed by atoms with Gasteiger partial charge in [-0.2, -0.15) is 4.98 Å². The van der Waals surface area contributed by atoms with Gasteiger partial charge in [0.15, 0.2) is 5.82 Å². The first kappa shape index (κ1) is 11.6. The van der Waals surface area contributed by atoms with Gasteiger partial charge in [0.1, 0.15) is 6.54 Å². The van der Waals surface area contributed by atoms with Crippen LogP contribution in [0, 0.1) is 0 Å². The zero-order valence-electron chi connectivity index (χ0n) is 9.94. The molecule has 7 nitrogen and oxygen atoms in total. The second-order valence-electron chi connectivity index (χ2n) is 4.51. The summed E-state index contributed by atoms with van der Waals surface area (Å²) in [5.41, 5.74) is 0.160. The molecule has 1 N–H and O–H groups in total. The van der Waals surface area contributed by atoms with Crippen LogP contribution in [0.25, 0.3) is 11.5 Å². The molecule has 2 aromatic heterocycles. The number of rotatable bonds is 4. The largest absolute Gasteiger partial charge is 0.480 e. The fourth-order valence-electron chi connectivity index (χ4n) is 1.79. The molecular formula is C12H11N3O4. The molecule has 0 radical (unpaired) electrons. The van der Waals surface area contributed by atoms with Crippen LogP contribution in [0.4, 0.5) is 0 Å². The third kappa shape index (κ3) is 2.40. The van der Waals surface area contributed by atoms with E-state index in [1.54, 1.807) is 6.07 Å². The Morgan fingerprint density at radius 2 is 2.26 bits per heavy atom. The molecule has 0 aromatic carbocycles. The highest BCUT2D eigenvalue weighted by molar-refractivity contribution is 5.66. The second-order valence-corrected chi connectivity index (χ2v) is 4.51. The predicted octanol–water partition coefficient (Wildman–Crippen LogP) is 0.860. The molecule has 0 spiro atoms. The fourth-order valence-corrected chi connectivity index (χ4v) is 1.79. The Balaban J connectivity index is 1.94. The molecule has 19 heavy (non-hydrogen) atoms. The monoisotopic (exact) mass is 261 g/mol. The van der Waals surface area contributed by atoms with E-state index in [4.69, 9.17) is 9.63 Å². The van der Waals surface area contributed by atoms with Crippen molar-refractivity contribution in [2.45, 2.75) is 25.3 Å². The van der Waals surface area contributed by atoms with Crippen molar-refractivity contribution in [1.29, 1.82) is 0 Å². The van der Waals surface area contributed by atoms with E-state index >= 15 is 0 Å². The molecule has 0 unspecified atom stereocenters. The summed E-state index contributed by atoms with van der Waals surface area (Å²) in [7, 11) is 0. The highest BCUT2D eigenvalue weighted by atomic mass is 16.5. The molecular weight excluding hydrogens is 250 g/mol. The minimum atomic E-state index is -1.08. The van der Waals surface area contributed by atoms with Crippen molar-refractivity contribution in [3.63, 3.8) is 0 Å². The van der Waals surface area contributed by atoms with Gasteiger partial charge < -0.3 is 14.2 Å². The lowest BCUT2D eigenvalue weighted by Gasteiger charge is -2.02. The van der Waals surface area contributed by atoms with E-state index in [1.165, 1.54) is 12.3 Å². The van der Waals surface area contributed by atoms with Crippen molar-refractivity contribution in [2.24, 2.45) is 0 Å². The predicted molar refractivity (Wildman–Crippen MR) is 63.6 cm³/mol. The van der Waals surface area contributed by atoms with Crippen molar-refractivity contribution in [1.82, 2.24) is 14.7 Å². The number of aliphatic carboxylic acids is 1. The first-order valence-corrected chi connectivity index (χ1v) is 5.90. The van der Waals surface area contributed by atoms with Crippen LogP contribution in [0.15, 0.2) is 27.6 Å². The molecule has 0 aliphatic heterocycles. The van der Waals surface area contributed by atoms with Crippen molar-refractivity contribution in [2.75, 3.05) is 0 Å². The molecule has 98 valence electrons. The van der Waals surface area contributed by atoms with Crippen molar-refractivity contribution in [3.05, 3.63) is 34.5 Å². The van der Waals surface area contributed by atoms with Crippen LogP contribution in [-0.4, -0.2) is 25.8 Å². The summed E-state index contributed by atoms with van der Waals surface area (Å²) >= 11 is 0. The van der Waals surface area contributed by atoms with E-state index in [0.717, 1.165) is 17.4 Å². The van der Waals surface area contributed by atoms with Crippen molar-refractivity contribution < 1.29 is 14.4 Å². The fraction of sp³-hybridized carbons (Fsp3) is 0.333. The number of pyridine rings is 1. The number of hydrogen-bond donors (Lipinski definition) is 1. The molecule has 0 saturated heterocycles. The van der Waals surface area contributed by atoms with Gasteiger partial charge >= 0.3 is 5.97 Å². The van der Waals surface area contributed by atoms with Crippen LogP contribution in [0.1, 0.15) is 24.6 Å². The molecule has 7 heteroatoms. The number of aromatic nitrogens is 3. The Labute approximate surface area is 107 Å². The Bertz CT molecular complexity index is 684. The van der Waals surface area contributed by atoms with Crippen LogP contribution in [0.2, 0.25) is 0 Å². The third-order valence-corrected chi connectivity index (χ3v) is 2.92. The van der Waals surface area contributed by atoms with E-state index in [9.17, 15) is 9.59 Å². The van der Waals surface area contributed by atoms with E-state index in [2.05, 4.69) is 10.1 Å². The van der Waals surface area contributed by atoms with Gasteiger partial charge in [-0.25, -0.2) is 0 Å². The van der Waals surface area contributed by atoms with Crippen LogP contribution in [-0.2, 0) is 11.3 Å². The summed E-state index contributed by atoms with van der Waals surface area (Å²) < 4.78 is 6.22. The number of carboxylic acids is 1. The van der Waals surface area contributed by atoms with Gasteiger partial charge in [0.25, 0.3) is 11.4 Å². The van der Waals surface area contributed by atoms with Gasteiger partial charge in [-0.1, -0.05) is 5.16 Å². The summed E-state index contributed by atoms with van der Waals surface area (Å²) in [4.78, 5) is 26.4. The zero-order valence-corrected chi connectivity index (χ0v) is 9.94. The topological polar surface area (TPSA) is 98.2 Å². The van der Waals surface area contributed by atoms with Gasteiger partial charge in [0.05, 0.1) is 5.56 Å². The lowest BCUT2D eigenvalue weighted by molar-refractivity contribution is -0.137. The van der Waals surface area contributed by atoms with Gasteiger partial charge in [0, 0.05) is 18.2 Å². The minimum absolute atomic E-state index is 0.307. The molecule has 1 aliphatic carbocycles. The molecule has 1 aliphatic rings. The molecule has 2 heterocycles. The summed E-state index contributed by atoms with van der Waals surface area (Å²) in [5.74, 6) is 0.276. The van der Waals surface area contributed by atoms with Gasteiger partial charge in [-0.15, -0.1) is 0 Å². The maximum atomic E-state index is 11.5. The number of carbonyl (C=O) groups is 1. The van der Waals surface area contributed by atoms with Crippen LogP contribution in [0.5, 0.6) is 0 Å². The average molecular weight is 261 g/mol. The summed E-state index contributed by atoms with van der Waals surface area (Å²) in [5, 5.41) is 12.6. The van der Waals surface area contributed by atoms with Crippen LogP contribution < -0.4 is 5.56 Å². The van der Waals surface area contributed by atoms with E-state index in [0.29, 0.717) is 23.2 Å². The Kier molecular flexibility index (Phi) is 2.66. The van der Waals surface area contributed by atoms with E-state index < -0.39 is 12.5 Å². The maximum Gasteiger partial charge on any atom is 0.323 e. The lowest BCUT2D eigenvalue weighted by Crippen LogP contribution is -2.22. The van der Waals surface area contributed by atoms with Crippen LogP contribution in [0.3, 0.4) is 0 Å². The van der Waals surface area contributed by atoms with Crippen molar-refractivity contribution in [3.8, 4) is 11.5 Å². The molecule has 0 amide bonds. The number of nitrogens with zero attached hydrogens (tertiary/aromatic N) is 3. The standard InChI is InChI=1S/C12H11N3O4/c16-9-4-3-8(5-15(9)6-10(17)18)12-13-11(14-19-12)7-1-2-7/h3-5,7H,1-2,6H2,(H,17,18). The highest BCUT2D eigenvalue weighted by Crippen LogP contribution is 2.38. The molecule has 0 bridgehead atoms. The van der Waals surface area contributed by atoms with E-state index in [-0.39, 0.29) is 5.56 Å². The van der Waals surface area contributed by atoms with Crippen molar-refractivity contribution >= 4 is 5.97 Å².